The second-order valence-corrected chi connectivity index (χ2v) is 6.95. The number of alkyl halides is 2. The summed E-state index contributed by atoms with van der Waals surface area (Å²) >= 11 is 11.6. The summed E-state index contributed by atoms with van der Waals surface area (Å²) in [5.74, 6) is -4.51. The molecule has 0 bridgehead atoms. The first kappa shape index (κ1) is 20.2. The van der Waals surface area contributed by atoms with Gasteiger partial charge in [0.1, 0.15) is 17.6 Å². The summed E-state index contributed by atoms with van der Waals surface area (Å²) in [4.78, 5) is 15.3. The molecule has 0 atom stereocenters. The fourth-order valence-electron chi connectivity index (χ4n) is 2.85. The molecule has 2 heterocycles. The van der Waals surface area contributed by atoms with Crippen LogP contribution in [0.4, 0.5) is 14.6 Å². The Labute approximate surface area is 169 Å². The van der Waals surface area contributed by atoms with E-state index < -0.39 is 17.4 Å². The average molecular weight is 429 g/mol. The highest BCUT2D eigenvalue weighted by Crippen LogP contribution is 2.34. The lowest BCUT2D eigenvalue weighted by atomic mass is 10.1. The molecule has 148 valence electrons. The van der Waals surface area contributed by atoms with E-state index in [0.29, 0.717) is 18.9 Å². The minimum atomic E-state index is -3.72. The van der Waals surface area contributed by atoms with Crippen molar-refractivity contribution in [3.05, 3.63) is 51.4 Å². The number of rotatable bonds is 4. The molecule has 3 rings (SSSR count). The number of nitrogens with zero attached hydrogens (tertiary/aromatic N) is 4. The summed E-state index contributed by atoms with van der Waals surface area (Å²) in [6.45, 7) is 0.770. The van der Waals surface area contributed by atoms with Crippen LogP contribution in [0.2, 0.25) is 10.0 Å². The van der Waals surface area contributed by atoms with E-state index in [0.717, 1.165) is 28.1 Å². The molecule has 2 aromatic rings. The summed E-state index contributed by atoms with van der Waals surface area (Å²) < 4.78 is 30.4. The number of piperazine rings is 1. The van der Waals surface area contributed by atoms with Crippen LogP contribution < -0.4 is 10.4 Å². The first-order valence-corrected chi connectivity index (χ1v) is 9.02. The summed E-state index contributed by atoms with van der Waals surface area (Å²) in [6.07, 6.45) is 0.906. The number of hydrogen-bond acceptors (Lipinski definition) is 5. The third-order valence-corrected chi connectivity index (χ3v) is 5.15. The number of amides is 1. The molecule has 0 unspecified atom stereocenters. The monoisotopic (exact) mass is 428 g/mol. The molecule has 0 radical (unpaired) electrons. The van der Waals surface area contributed by atoms with Crippen molar-refractivity contribution in [3.63, 3.8) is 0 Å². The zero-order chi connectivity index (χ0) is 20.5. The van der Waals surface area contributed by atoms with Crippen LogP contribution >= 0.6 is 23.2 Å². The van der Waals surface area contributed by atoms with E-state index >= 15 is 0 Å². The van der Waals surface area contributed by atoms with Crippen molar-refractivity contribution in [2.75, 3.05) is 31.1 Å². The van der Waals surface area contributed by atoms with E-state index in [1.165, 1.54) is 12.1 Å². The van der Waals surface area contributed by atoms with Crippen LogP contribution in [-0.2, 0) is 10.7 Å². The molecule has 11 heteroatoms. The van der Waals surface area contributed by atoms with Crippen molar-refractivity contribution in [2.24, 2.45) is 0 Å². The van der Waals surface area contributed by atoms with E-state index in [4.69, 9.17) is 34.0 Å². The Kier molecular flexibility index (Phi) is 5.66. The third-order valence-electron chi connectivity index (χ3n) is 4.41. The highest BCUT2D eigenvalue weighted by molar-refractivity contribution is 6.42. The van der Waals surface area contributed by atoms with E-state index in [2.05, 4.69) is 5.10 Å². The van der Waals surface area contributed by atoms with Gasteiger partial charge in [-0.05, 0) is 24.3 Å². The quantitative estimate of drug-likeness (QED) is 0.579. The van der Waals surface area contributed by atoms with E-state index in [9.17, 15) is 13.6 Å². The number of carbonyl (C=O) groups excluding carboxylic acids is 1. The molecule has 1 aromatic heterocycles. The molecule has 0 aliphatic carbocycles. The summed E-state index contributed by atoms with van der Waals surface area (Å²) in [6, 6.07) is 6.43. The Bertz CT molecular complexity index is 972. The number of halogens is 4. The van der Waals surface area contributed by atoms with Gasteiger partial charge in [0.05, 0.1) is 10.0 Å². The number of hydrogen-bond donors (Lipinski definition) is 2. The van der Waals surface area contributed by atoms with Crippen molar-refractivity contribution in [2.45, 2.75) is 5.92 Å². The summed E-state index contributed by atoms with van der Waals surface area (Å²) in [5, 5.41) is 19.1. The largest absolute Gasteiger partial charge is 0.352 e. The molecule has 1 fully saturated rings. The van der Waals surface area contributed by atoms with Gasteiger partial charge >= 0.3 is 5.92 Å². The molecule has 1 amide bonds. The number of carbonyl (C=O) groups is 1. The predicted octanol–water partition coefficient (Wildman–Crippen LogP) is 2.57. The van der Waals surface area contributed by atoms with Crippen LogP contribution in [-0.4, -0.2) is 53.1 Å². The molecule has 1 aliphatic rings. The predicted molar refractivity (Wildman–Crippen MR) is 101 cm³/mol. The van der Waals surface area contributed by atoms with Gasteiger partial charge < -0.3 is 9.80 Å². The van der Waals surface area contributed by atoms with Crippen LogP contribution in [0.1, 0.15) is 5.56 Å². The fourth-order valence-corrected chi connectivity index (χ4v) is 3.14. The second kappa shape index (κ2) is 7.84. The van der Waals surface area contributed by atoms with Crippen molar-refractivity contribution >= 4 is 41.3 Å². The average Bonchev–Trinajstić information content (AvgIpc) is 2.70. The number of anilines is 1. The number of benzene rings is 1. The first-order chi connectivity index (χ1) is 13.2. The Morgan fingerprint density at radius 1 is 1.11 bits per heavy atom. The zero-order valence-corrected chi connectivity index (χ0v) is 16.0. The van der Waals surface area contributed by atoms with Crippen LogP contribution in [0.15, 0.2) is 30.3 Å². The van der Waals surface area contributed by atoms with Gasteiger partial charge in [0.15, 0.2) is 0 Å². The van der Waals surface area contributed by atoms with Crippen LogP contribution in [0.3, 0.4) is 0 Å². The van der Waals surface area contributed by atoms with Crippen molar-refractivity contribution in [3.8, 4) is 0 Å². The minimum absolute atomic E-state index is 0.0418. The Hall–Kier alpha value is -2.52. The van der Waals surface area contributed by atoms with Crippen molar-refractivity contribution in [1.29, 1.82) is 10.8 Å². The molecule has 1 aromatic carbocycles. The van der Waals surface area contributed by atoms with Gasteiger partial charge in [0, 0.05) is 31.7 Å². The van der Waals surface area contributed by atoms with Gasteiger partial charge in [-0.2, -0.15) is 8.78 Å². The molecule has 7 nitrogen and oxygen atoms in total. The van der Waals surface area contributed by atoms with Crippen LogP contribution in [0, 0.1) is 10.8 Å². The molecule has 1 aliphatic heterocycles. The Morgan fingerprint density at radius 2 is 1.79 bits per heavy atom. The lowest BCUT2D eigenvalue weighted by Crippen LogP contribution is -2.53. The Morgan fingerprint density at radius 3 is 2.39 bits per heavy atom. The smallest absolute Gasteiger partial charge is 0.350 e. The maximum atomic E-state index is 14.6. The third kappa shape index (κ3) is 3.85. The zero-order valence-electron chi connectivity index (χ0n) is 14.5. The number of aromatic nitrogens is 2. The van der Waals surface area contributed by atoms with Crippen LogP contribution in [0.5, 0.6) is 0 Å². The topological polar surface area (TPSA) is 89.1 Å². The maximum Gasteiger partial charge on any atom is 0.350 e. The molecule has 0 spiro atoms. The molecule has 2 N–H and O–H groups in total. The van der Waals surface area contributed by atoms with Crippen molar-refractivity contribution < 1.29 is 13.6 Å². The van der Waals surface area contributed by atoms with Gasteiger partial charge in [-0.15, -0.1) is 5.10 Å². The molecule has 28 heavy (non-hydrogen) atoms. The molecule has 1 saturated heterocycles. The van der Waals surface area contributed by atoms with Gasteiger partial charge in [-0.3, -0.25) is 15.6 Å². The van der Waals surface area contributed by atoms with Gasteiger partial charge in [-0.1, -0.05) is 29.3 Å². The minimum Gasteiger partial charge on any atom is -0.352 e. The van der Waals surface area contributed by atoms with Gasteiger partial charge in [0.25, 0.3) is 5.91 Å². The van der Waals surface area contributed by atoms with Gasteiger partial charge in [0.2, 0.25) is 0 Å². The lowest BCUT2D eigenvalue weighted by molar-refractivity contribution is -0.159. The highest BCUT2D eigenvalue weighted by Gasteiger charge is 2.44. The molecule has 0 saturated carbocycles. The highest BCUT2D eigenvalue weighted by atomic mass is 35.5. The standard InChI is InChI=1S/C17H16Cl2F2N6O/c18-12-2-1-11(9-13(12)19)17(20,21)16(28)26-7-5-25(6-8-26)15-4-3-14(23)27(10-22)24-15/h1-4,9-10,22-23H,5-8H2. The van der Waals surface area contributed by atoms with Crippen LogP contribution in [0.25, 0.3) is 0 Å². The fraction of sp³-hybridized carbons (Fsp3) is 0.294. The molecular formula is C17H16Cl2F2N6O. The summed E-state index contributed by atoms with van der Waals surface area (Å²) in [5.41, 5.74) is -0.456. The SMILES string of the molecule is N=Cn1nc(N2CCN(C(=O)C(F)(F)c3ccc(Cl)c(Cl)c3)CC2)ccc1=N. The Balaban J connectivity index is 1.71. The van der Waals surface area contributed by atoms with E-state index in [1.807, 2.05) is 0 Å². The van der Waals surface area contributed by atoms with Gasteiger partial charge in [-0.25, -0.2) is 4.68 Å². The van der Waals surface area contributed by atoms with E-state index in [1.54, 1.807) is 11.0 Å². The summed E-state index contributed by atoms with van der Waals surface area (Å²) in [7, 11) is 0. The normalized spacial score (nSPS) is 14.9. The number of nitrogens with one attached hydrogen (secondary N) is 2. The molecular weight excluding hydrogens is 413 g/mol. The lowest BCUT2D eigenvalue weighted by Gasteiger charge is -2.36. The van der Waals surface area contributed by atoms with Crippen molar-refractivity contribution in [1.82, 2.24) is 14.7 Å². The maximum absolute atomic E-state index is 14.6. The second-order valence-electron chi connectivity index (χ2n) is 6.13. The first-order valence-electron chi connectivity index (χ1n) is 8.26. The van der Waals surface area contributed by atoms with E-state index in [-0.39, 0.29) is 28.6 Å².